The van der Waals surface area contributed by atoms with Gasteiger partial charge >= 0.3 is 12.3 Å². The zero-order valence-electron chi connectivity index (χ0n) is 20.2. The first-order valence-electron chi connectivity index (χ1n) is 11.5. The van der Waals surface area contributed by atoms with Crippen LogP contribution in [0.4, 0.5) is 28.0 Å². The lowest BCUT2D eigenvalue weighted by atomic mass is 10.1. The molecule has 0 fully saturated rings. The quantitative estimate of drug-likeness (QED) is 0.165. The summed E-state index contributed by atoms with van der Waals surface area (Å²) in [4.78, 5) is 40.8. The summed E-state index contributed by atoms with van der Waals surface area (Å²) in [5.74, 6) is -1.33. The molecule has 12 nitrogen and oxygen atoms in total. The maximum absolute atomic E-state index is 13.3. The van der Waals surface area contributed by atoms with Gasteiger partial charge in [0.25, 0.3) is 5.91 Å². The number of halogens is 5. The highest BCUT2D eigenvalue weighted by Gasteiger charge is 2.32. The number of nitrogens with zero attached hydrogens (tertiary/aromatic N) is 2. The number of guanidine groups is 1. The van der Waals surface area contributed by atoms with Crippen LogP contribution >= 0.6 is 11.6 Å². The number of fused-ring (bicyclic) bond motifs is 1. The number of carboxylic acid groups (broad SMARTS) is 1. The molecule has 0 spiro atoms. The molecule has 2 aromatic carbocycles. The zero-order chi connectivity index (χ0) is 29.0. The molecule has 40 heavy (non-hydrogen) atoms. The van der Waals surface area contributed by atoms with E-state index in [9.17, 15) is 31.9 Å². The Labute approximate surface area is 227 Å². The van der Waals surface area contributed by atoms with Crippen molar-refractivity contribution < 1.29 is 37.1 Å². The smallest absolute Gasteiger partial charge is 0.416 e. The lowest BCUT2D eigenvalue weighted by Gasteiger charge is -2.21. The molecule has 2 unspecified atom stereocenters. The summed E-state index contributed by atoms with van der Waals surface area (Å²) in [6.07, 6.45) is -7.75. The minimum absolute atomic E-state index is 0.0332. The highest BCUT2D eigenvalue weighted by Crippen LogP contribution is 2.33. The molecule has 1 aromatic heterocycles. The number of amides is 3. The average Bonchev–Trinajstić information content (AvgIpc) is 3.35. The van der Waals surface area contributed by atoms with Crippen LogP contribution in [0, 0.1) is 0 Å². The van der Waals surface area contributed by atoms with E-state index < -0.39 is 48.5 Å². The summed E-state index contributed by atoms with van der Waals surface area (Å²) < 4.78 is 52.9. The molecular formula is C23H21ClF4N8O4. The van der Waals surface area contributed by atoms with Gasteiger partial charge in [-0.25, -0.2) is 14.2 Å². The Hall–Kier alpha value is -4.60. The molecule has 1 aliphatic heterocycles. The minimum atomic E-state index is -4.78. The first-order valence-corrected chi connectivity index (χ1v) is 11.9. The van der Waals surface area contributed by atoms with Crippen LogP contribution in [0.3, 0.4) is 0 Å². The molecule has 2 atom stereocenters. The molecule has 0 saturated carbocycles. The summed E-state index contributed by atoms with van der Waals surface area (Å²) in [6, 6.07) is 5.44. The van der Waals surface area contributed by atoms with Gasteiger partial charge in [-0.15, -0.1) is 0 Å². The summed E-state index contributed by atoms with van der Waals surface area (Å²) in [7, 11) is 0. The summed E-state index contributed by atoms with van der Waals surface area (Å²) >= 11 is 5.78. The van der Waals surface area contributed by atoms with Crippen LogP contribution in [0.2, 0.25) is 5.02 Å². The number of alkyl halides is 4. The van der Waals surface area contributed by atoms with Crippen molar-refractivity contribution in [1.82, 2.24) is 31.5 Å². The van der Waals surface area contributed by atoms with Gasteiger partial charge in [0.1, 0.15) is 12.3 Å². The largest absolute Gasteiger partial charge is 0.465 e. The number of benzene rings is 2. The topological polar surface area (TPSA) is 173 Å². The van der Waals surface area contributed by atoms with Crippen LogP contribution in [0.15, 0.2) is 41.5 Å². The molecule has 17 heteroatoms. The van der Waals surface area contributed by atoms with E-state index in [-0.39, 0.29) is 29.2 Å². The third kappa shape index (κ3) is 7.07. The Morgan fingerprint density at radius 2 is 1.93 bits per heavy atom. The predicted octanol–water partition coefficient (Wildman–Crippen LogP) is 2.76. The van der Waals surface area contributed by atoms with Gasteiger partial charge < -0.3 is 26.4 Å². The van der Waals surface area contributed by atoms with Crippen LogP contribution in [0.1, 0.15) is 27.7 Å². The van der Waals surface area contributed by atoms with Gasteiger partial charge in [-0.05, 0) is 35.9 Å². The minimum Gasteiger partial charge on any atom is -0.465 e. The van der Waals surface area contributed by atoms with Crippen LogP contribution in [0.25, 0.3) is 10.9 Å². The van der Waals surface area contributed by atoms with Gasteiger partial charge in [-0.1, -0.05) is 11.6 Å². The normalized spacial score (nSPS) is 15.9. The second-order valence-electron chi connectivity index (χ2n) is 8.55. The fourth-order valence-electron chi connectivity index (χ4n) is 3.79. The van der Waals surface area contributed by atoms with Crippen molar-refractivity contribution >= 4 is 52.1 Å². The maximum atomic E-state index is 13.3. The number of rotatable bonds is 7. The number of aromatic amines is 1. The van der Waals surface area contributed by atoms with E-state index in [0.29, 0.717) is 34.7 Å². The van der Waals surface area contributed by atoms with Crippen molar-refractivity contribution in [2.45, 2.75) is 18.5 Å². The number of anilines is 1. The Morgan fingerprint density at radius 3 is 2.60 bits per heavy atom. The van der Waals surface area contributed by atoms with E-state index in [1.165, 1.54) is 12.3 Å². The SMILES string of the molecule is O=C(O)NC(NC(=O)CNC(=O)c1cc(NC2=NCC(F)CN2)cc2[nH]ncc12)c1cc(Cl)cc(C(F)(F)F)c1. The average molecular weight is 585 g/mol. The predicted molar refractivity (Wildman–Crippen MR) is 136 cm³/mol. The fraction of sp³-hybridized carbons (Fsp3) is 0.261. The van der Waals surface area contributed by atoms with Gasteiger partial charge in [-0.2, -0.15) is 18.3 Å². The van der Waals surface area contributed by atoms with Crippen molar-refractivity contribution in [1.29, 1.82) is 0 Å². The number of carbonyl (C=O) groups is 3. The molecule has 4 rings (SSSR count). The van der Waals surface area contributed by atoms with Gasteiger partial charge in [0.2, 0.25) is 5.91 Å². The van der Waals surface area contributed by atoms with Gasteiger partial charge in [0.15, 0.2) is 5.96 Å². The summed E-state index contributed by atoms with van der Waals surface area (Å²) in [5, 5.41) is 28.1. The summed E-state index contributed by atoms with van der Waals surface area (Å²) in [5.41, 5.74) is -0.454. The highest BCUT2D eigenvalue weighted by atomic mass is 35.5. The first kappa shape index (κ1) is 28.4. The van der Waals surface area contributed by atoms with Crippen LogP contribution in [0.5, 0.6) is 0 Å². The second-order valence-corrected chi connectivity index (χ2v) is 8.99. The van der Waals surface area contributed by atoms with E-state index >= 15 is 0 Å². The van der Waals surface area contributed by atoms with Crippen LogP contribution in [-0.2, 0) is 11.0 Å². The summed E-state index contributed by atoms with van der Waals surface area (Å²) in [6.45, 7) is -0.633. The zero-order valence-corrected chi connectivity index (χ0v) is 21.0. The van der Waals surface area contributed by atoms with E-state index in [1.54, 1.807) is 6.07 Å². The number of hydrogen-bond donors (Lipinski definition) is 7. The molecule has 0 radical (unpaired) electrons. The number of aliphatic imine (C=N–C) groups is 1. The van der Waals surface area contributed by atoms with Crippen molar-refractivity contribution in [3.05, 3.63) is 58.2 Å². The monoisotopic (exact) mass is 584 g/mol. The van der Waals surface area contributed by atoms with Crippen LogP contribution in [-0.4, -0.2) is 65.0 Å². The van der Waals surface area contributed by atoms with E-state index in [1.807, 2.05) is 5.32 Å². The van der Waals surface area contributed by atoms with Crippen molar-refractivity contribution in [2.75, 3.05) is 25.0 Å². The van der Waals surface area contributed by atoms with Crippen LogP contribution < -0.4 is 26.6 Å². The highest BCUT2D eigenvalue weighted by molar-refractivity contribution is 6.30. The molecule has 212 valence electrons. The van der Waals surface area contributed by atoms with Crippen molar-refractivity contribution in [2.24, 2.45) is 4.99 Å². The molecule has 0 saturated heterocycles. The third-order valence-corrected chi connectivity index (χ3v) is 5.79. The van der Waals surface area contributed by atoms with E-state index in [4.69, 9.17) is 16.7 Å². The molecule has 3 amide bonds. The standard InChI is InChI=1S/C23H21ClF4N8O4/c24-12-2-10(1-11(3-12)23(26,27)28)19(35-22(39)40)34-18(37)9-29-20(38)15-4-14(5-17-16(15)8-32-36-17)33-21-30-6-13(25)7-31-21/h1-5,8,13,19,35H,6-7,9H2,(H,29,38)(H,32,36)(H,34,37)(H,39,40)(H2,30,31,33). The lowest BCUT2D eigenvalue weighted by molar-refractivity contribution is -0.137. The Morgan fingerprint density at radius 1 is 1.15 bits per heavy atom. The number of nitrogens with one attached hydrogen (secondary N) is 6. The Balaban J connectivity index is 1.47. The van der Waals surface area contributed by atoms with Crippen molar-refractivity contribution in [3.63, 3.8) is 0 Å². The van der Waals surface area contributed by atoms with Gasteiger partial charge in [-0.3, -0.25) is 20.0 Å². The molecular weight excluding hydrogens is 564 g/mol. The Bertz CT molecular complexity index is 1480. The molecule has 0 bridgehead atoms. The number of aromatic nitrogens is 2. The van der Waals surface area contributed by atoms with E-state index in [0.717, 1.165) is 6.07 Å². The maximum Gasteiger partial charge on any atom is 0.416 e. The van der Waals surface area contributed by atoms with Gasteiger partial charge in [0, 0.05) is 16.1 Å². The molecule has 3 aromatic rings. The lowest BCUT2D eigenvalue weighted by Crippen LogP contribution is -2.44. The molecule has 0 aliphatic carbocycles. The fourth-order valence-corrected chi connectivity index (χ4v) is 4.03. The van der Waals surface area contributed by atoms with E-state index in [2.05, 4.69) is 36.5 Å². The second kappa shape index (κ2) is 11.6. The van der Waals surface area contributed by atoms with Crippen molar-refractivity contribution in [3.8, 4) is 0 Å². The molecule has 2 heterocycles. The first-order chi connectivity index (χ1) is 18.9. The number of hydrogen-bond acceptors (Lipinski definition) is 7. The number of carbonyl (C=O) groups excluding carboxylic acids is 2. The van der Waals surface area contributed by atoms with Gasteiger partial charge in [0.05, 0.1) is 42.5 Å². The molecule has 7 N–H and O–H groups in total. The molecule has 1 aliphatic rings. The third-order valence-electron chi connectivity index (χ3n) is 5.57. The Kier molecular flexibility index (Phi) is 8.27. The number of H-pyrrole nitrogens is 1.